The Morgan fingerprint density at radius 2 is 2.38 bits per heavy atom. The number of methoxy groups -OCH3 is 1. The SMILES string of the molecule is CCc1nc(CNC(=O)NC2COc3cc(OC)ccc3C2)cs1. The number of urea groups is 1. The molecule has 0 radical (unpaired) electrons. The van der Waals surface area contributed by atoms with E-state index in [1.54, 1.807) is 18.4 Å². The normalized spacial score (nSPS) is 16.0. The number of rotatable bonds is 5. The molecule has 7 heteroatoms. The molecule has 0 bridgehead atoms. The Bertz CT molecular complexity index is 717. The Kier molecular flexibility index (Phi) is 5.20. The zero-order chi connectivity index (χ0) is 16.9. The number of amides is 2. The van der Waals surface area contributed by atoms with E-state index in [9.17, 15) is 4.79 Å². The number of hydrogen-bond acceptors (Lipinski definition) is 5. The molecule has 128 valence electrons. The third-order valence-electron chi connectivity index (χ3n) is 3.85. The maximum atomic E-state index is 12.1. The van der Waals surface area contributed by atoms with Crippen molar-refractivity contribution in [2.75, 3.05) is 13.7 Å². The molecule has 2 aromatic rings. The second-order valence-corrected chi connectivity index (χ2v) is 6.54. The van der Waals surface area contributed by atoms with Crippen LogP contribution in [0.2, 0.25) is 0 Å². The van der Waals surface area contributed by atoms with Gasteiger partial charge in [-0.25, -0.2) is 9.78 Å². The number of hydrogen-bond donors (Lipinski definition) is 2. The number of ether oxygens (including phenoxy) is 2. The fourth-order valence-electron chi connectivity index (χ4n) is 2.57. The summed E-state index contributed by atoms with van der Waals surface area (Å²) in [6.07, 6.45) is 1.66. The standard InChI is InChI=1S/C17H21N3O3S/c1-3-16-19-13(10-24-16)8-18-17(21)20-12-6-11-4-5-14(22-2)7-15(11)23-9-12/h4-5,7,10,12H,3,6,8-9H2,1-2H3,(H2,18,20,21). The fraction of sp³-hybridized carbons (Fsp3) is 0.412. The van der Waals surface area contributed by atoms with Crippen molar-refractivity contribution in [2.24, 2.45) is 0 Å². The van der Waals surface area contributed by atoms with Crippen molar-refractivity contribution in [3.63, 3.8) is 0 Å². The minimum Gasteiger partial charge on any atom is -0.497 e. The zero-order valence-electron chi connectivity index (χ0n) is 13.8. The summed E-state index contributed by atoms with van der Waals surface area (Å²) in [5.41, 5.74) is 1.96. The Balaban J connectivity index is 1.50. The van der Waals surface area contributed by atoms with E-state index >= 15 is 0 Å². The summed E-state index contributed by atoms with van der Waals surface area (Å²) in [6.45, 7) is 2.95. The predicted molar refractivity (Wildman–Crippen MR) is 92.8 cm³/mol. The summed E-state index contributed by atoms with van der Waals surface area (Å²) in [5, 5.41) is 8.86. The Morgan fingerprint density at radius 3 is 3.12 bits per heavy atom. The molecule has 0 aliphatic carbocycles. The van der Waals surface area contributed by atoms with Gasteiger partial charge in [-0.1, -0.05) is 13.0 Å². The van der Waals surface area contributed by atoms with Gasteiger partial charge in [0.1, 0.15) is 18.1 Å². The van der Waals surface area contributed by atoms with Crippen LogP contribution in [-0.2, 0) is 19.4 Å². The fourth-order valence-corrected chi connectivity index (χ4v) is 3.32. The highest BCUT2D eigenvalue weighted by Gasteiger charge is 2.21. The lowest BCUT2D eigenvalue weighted by Crippen LogP contribution is -2.47. The van der Waals surface area contributed by atoms with Crippen LogP contribution in [0.3, 0.4) is 0 Å². The lowest BCUT2D eigenvalue weighted by molar-refractivity contribution is 0.213. The van der Waals surface area contributed by atoms with Gasteiger partial charge in [-0.2, -0.15) is 0 Å². The molecule has 2 heterocycles. The molecule has 0 fully saturated rings. The maximum absolute atomic E-state index is 12.1. The van der Waals surface area contributed by atoms with Crippen LogP contribution in [-0.4, -0.2) is 30.8 Å². The topological polar surface area (TPSA) is 72.5 Å². The molecular weight excluding hydrogens is 326 g/mol. The summed E-state index contributed by atoms with van der Waals surface area (Å²) >= 11 is 1.62. The van der Waals surface area contributed by atoms with Crippen LogP contribution in [0.1, 0.15) is 23.2 Å². The molecule has 1 aromatic heterocycles. The number of aryl methyl sites for hydroxylation is 1. The van der Waals surface area contributed by atoms with E-state index in [0.29, 0.717) is 13.2 Å². The first-order valence-electron chi connectivity index (χ1n) is 7.95. The van der Waals surface area contributed by atoms with Crippen molar-refractivity contribution in [3.8, 4) is 11.5 Å². The van der Waals surface area contributed by atoms with Crippen molar-refractivity contribution in [1.82, 2.24) is 15.6 Å². The Hall–Kier alpha value is -2.28. The van der Waals surface area contributed by atoms with Crippen molar-refractivity contribution in [2.45, 2.75) is 32.4 Å². The summed E-state index contributed by atoms with van der Waals surface area (Å²) in [4.78, 5) is 16.5. The quantitative estimate of drug-likeness (QED) is 0.872. The van der Waals surface area contributed by atoms with Crippen molar-refractivity contribution in [1.29, 1.82) is 0 Å². The molecule has 1 aliphatic rings. The van der Waals surface area contributed by atoms with E-state index in [1.807, 2.05) is 23.6 Å². The molecule has 1 unspecified atom stereocenters. The monoisotopic (exact) mass is 347 g/mol. The number of benzene rings is 1. The van der Waals surface area contributed by atoms with Gasteiger partial charge in [0.25, 0.3) is 0 Å². The minimum absolute atomic E-state index is 0.0486. The second kappa shape index (κ2) is 7.53. The number of carbonyl (C=O) groups excluding carboxylic acids is 1. The van der Waals surface area contributed by atoms with Crippen LogP contribution >= 0.6 is 11.3 Å². The van der Waals surface area contributed by atoms with Crippen LogP contribution in [0.4, 0.5) is 4.79 Å². The number of thiazole rings is 1. The van der Waals surface area contributed by atoms with E-state index in [-0.39, 0.29) is 12.1 Å². The lowest BCUT2D eigenvalue weighted by Gasteiger charge is -2.26. The maximum Gasteiger partial charge on any atom is 0.315 e. The summed E-state index contributed by atoms with van der Waals surface area (Å²) in [6, 6.07) is 5.50. The molecule has 1 aromatic carbocycles. The van der Waals surface area contributed by atoms with E-state index in [4.69, 9.17) is 9.47 Å². The van der Waals surface area contributed by atoms with E-state index in [2.05, 4.69) is 22.5 Å². The summed E-state index contributed by atoms with van der Waals surface area (Å²) in [5.74, 6) is 1.59. The van der Waals surface area contributed by atoms with Gasteiger partial charge in [0.05, 0.1) is 30.4 Å². The molecule has 0 saturated carbocycles. The Labute approximate surface area is 145 Å². The lowest BCUT2D eigenvalue weighted by atomic mass is 10.0. The Morgan fingerprint density at radius 1 is 1.50 bits per heavy atom. The molecule has 2 amide bonds. The first-order chi connectivity index (χ1) is 11.7. The molecule has 6 nitrogen and oxygen atoms in total. The van der Waals surface area contributed by atoms with Gasteiger partial charge in [0.2, 0.25) is 0 Å². The van der Waals surface area contributed by atoms with Gasteiger partial charge in [-0.15, -0.1) is 11.3 Å². The van der Waals surface area contributed by atoms with Crippen LogP contribution in [0.15, 0.2) is 23.6 Å². The van der Waals surface area contributed by atoms with Crippen LogP contribution in [0.25, 0.3) is 0 Å². The zero-order valence-corrected chi connectivity index (χ0v) is 14.6. The highest BCUT2D eigenvalue weighted by atomic mass is 32.1. The van der Waals surface area contributed by atoms with Crippen LogP contribution in [0, 0.1) is 0 Å². The van der Waals surface area contributed by atoms with Crippen LogP contribution < -0.4 is 20.1 Å². The molecule has 3 rings (SSSR count). The number of nitrogens with one attached hydrogen (secondary N) is 2. The van der Waals surface area contributed by atoms with Gasteiger partial charge in [-0.3, -0.25) is 0 Å². The number of nitrogens with zero attached hydrogens (tertiary/aromatic N) is 1. The van der Waals surface area contributed by atoms with Gasteiger partial charge < -0.3 is 20.1 Å². The largest absolute Gasteiger partial charge is 0.497 e. The van der Waals surface area contributed by atoms with Gasteiger partial charge in [0.15, 0.2) is 0 Å². The molecule has 2 N–H and O–H groups in total. The molecule has 0 saturated heterocycles. The molecule has 24 heavy (non-hydrogen) atoms. The van der Waals surface area contributed by atoms with Crippen LogP contribution in [0.5, 0.6) is 11.5 Å². The van der Waals surface area contributed by atoms with E-state index in [1.165, 1.54) is 0 Å². The molecule has 1 aliphatic heterocycles. The third kappa shape index (κ3) is 3.97. The first kappa shape index (κ1) is 16.6. The molecular formula is C17H21N3O3S. The van der Waals surface area contributed by atoms with Crippen molar-refractivity contribution in [3.05, 3.63) is 39.8 Å². The average Bonchev–Trinajstić information content (AvgIpc) is 3.07. The molecule has 0 spiro atoms. The number of aromatic nitrogens is 1. The first-order valence-corrected chi connectivity index (χ1v) is 8.83. The molecule has 1 atom stereocenters. The van der Waals surface area contributed by atoms with Gasteiger partial charge in [-0.05, 0) is 24.5 Å². The van der Waals surface area contributed by atoms with E-state index < -0.39 is 0 Å². The third-order valence-corrected chi connectivity index (χ3v) is 4.89. The predicted octanol–water partition coefficient (Wildman–Crippen LogP) is 2.52. The highest BCUT2D eigenvalue weighted by molar-refractivity contribution is 7.09. The summed E-state index contributed by atoms with van der Waals surface area (Å²) < 4.78 is 10.9. The van der Waals surface area contributed by atoms with Crippen molar-refractivity contribution < 1.29 is 14.3 Å². The summed E-state index contributed by atoms with van der Waals surface area (Å²) in [7, 11) is 1.63. The van der Waals surface area contributed by atoms with Crippen molar-refractivity contribution >= 4 is 17.4 Å². The number of fused-ring (bicyclic) bond motifs is 1. The van der Waals surface area contributed by atoms with E-state index in [0.717, 1.165) is 40.6 Å². The minimum atomic E-state index is -0.202. The van der Waals surface area contributed by atoms with Gasteiger partial charge in [0, 0.05) is 11.4 Å². The number of carbonyl (C=O) groups is 1. The highest BCUT2D eigenvalue weighted by Crippen LogP contribution is 2.28. The second-order valence-electron chi connectivity index (χ2n) is 5.60. The smallest absolute Gasteiger partial charge is 0.315 e. The average molecular weight is 347 g/mol. The van der Waals surface area contributed by atoms with Gasteiger partial charge >= 0.3 is 6.03 Å².